The molecule has 422 valence electrons. The number of amides is 1. The molecule has 3 aromatic carbocycles. The van der Waals surface area contributed by atoms with Crippen molar-refractivity contribution >= 4 is 17.6 Å². The lowest BCUT2D eigenvalue weighted by molar-refractivity contribution is -0.168. The Hall–Kier alpha value is -5.79. The Morgan fingerprint density at radius 2 is 1.71 bits per heavy atom. The first kappa shape index (κ1) is 59.9. The lowest BCUT2D eigenvalue weighted by Gasteiger charge is -2.56. The van der Waals surface area contributed by atoms with E-state index in [1.807, 2.05) is 63.2 Å². The minimum absolute atomic E-state index is 0.0646. The summed E-state index contributed by atoms with van der Waals surface area (Å²) in [5, 5.41) is 92.3. The summed E-state index contributed by atoms with van der Waals surface area (Å²) in [7, 11) is 0. The SMILES string of the molecule is C=C(C=CC=C(CO)C1CCC2(C3CCC(O)Cc4cccc(c4)CC(C(CN=C(N)N)c4ccc(O)cc4)C(O)CNC4C(=O)NC(N)c5cccc(c54)CC(=O)C(C)=C3CCC2(C)O)C1O)C(O)(CC=C(C)C)NCC. The van der Waals surface area contributed by atoms with Crippen LogP contribution in [0.1, 0.15) is 131 Å². The van der Waals surface area contributed by atoms with Gasteiger partial charge in [-0.05, 0) is 160 Å². The van der Waals surface area contributed by atoms with E-state index >= 15 is 4.79 Å². The monoisotopic (exact) mass is 1070 g/mol. The number of carbonyl (C=O) groups is 2. The second kappa shape index (κ2) is 25.6. The average molecular weight is 1070 g/mol. The van der Waals surface area contributed by atoms with Gasteiger partial charge in [0, 0.05) is 43.2 Å². The quantitative estimate of drug-likeness (QED) is 0.0348. The second-order valence-electron chi connectivity index (χ2n) is 22.8. The van der Waals surface area contributed by atoms with Crippen molar-refractivity contribution in [2.75, 3.05) is 26.2 Å². The molecule has 1 spiro atoms. The number of aliphatic imine (C=N–C) groups is 1. The highest BCUT2D eigenvalue weighted by atomic mass is 16.3. The normalized spacial score (nSPS) is 29.5. The molecule has 0 radical (unpaired) electrons. The van der Waals surface area contributed by atoms with Crippen LogP contribution in [0, 0.1) is 23.2 Å². The molecule has 3 aromatic rings. The lowest BCUT2D eigenvalue weighted by atomic mass is 9.52. The molecule has 0 aromatic heterocycles. The number of benzene rings is 3. The fourth-order valence-corrected chi connectivity index (χ4v) is 13.2. The van der Waals surface area contributed by atoms with Crippen LogP contribution in [0.3, 0.4) is 0 Å². The van der Waals surface area contributed by atoms with Crippen LogP contribution in [0.4, 0.5) is 0 Å². The van der Waals surface area contributed by atoms with Crippen molar-refractivity contribution in [1.82, 2.24) is 16.0 Å². The van der Waals surface area contributed by atoms with Crippen molar-refractivity contribution in [2.45, 2.75) is 147 Å². The van der Waals surface area contributed by atoms with Gasteiger partial charge in [0.25, 0.3) is 0 Å². The number of phenolic OH excluding ortho intramolecular Hbond substituents is 1. The number of guanidine groups is 1. The van der Waals surface area contributed by atoms with E-state index in [1.165, 1.54) is 0 Å². The smallest absolute Gasteiger partial charge is 0.243 e. The van der Waals surface area contributed by atoms with Crippen molar-refractivity contribution in [3.8, 4) is 5.75 Å². The number of allylic oxidation sites excluding steroid dienone is 5. The number of β-amino-alcohol motifs (C(OH)–C–C–N with tert-alkyl or cyclic N) is 1. The van der Waals surface area contributed by atoms with Crippen molar-refractivity contribution in [2.24, 2.45) is 45.4 Å². The van der Waals surface area contributed by atoms with Gasteiger partial charge in [-0.15, -0.1) is 0 Å². The largest absolute Gasteiger partial charge is 0.508 e. The molecular formula is C62H85N7O9. The zero-order valence-corrected chi connectivity index (χ0v) is 46.1. The number of hydrogen-bond acceptors (Lipinski definition) is 13. The third kappa shape index (κ3) is 13.1. The number of nitrogens with two attached hydrogens (primary N) is 3. The Morgan fingerprint density at radius 3 is 2.38 bits per heavy atom. The predicted molar refractivity (Wildman–Crippen MR) is 304 cm³/mol. The van der Waals surface area contributed by atoms with E-state index in [1.54, 1.807) is 62.4 Å². The van der Waals surface area contributed by atoms with Crippen LogP contribution in [-0.2, 0) is 28.9 Å². The van der Waals surface area contributed by atoms with Crippen LogP contribution in [0.25, 0.3) is 0 Å². The standard InChI is InChI=1S/C62H85N7O9/c1-7-68-62(78,28-23-36(2)3)37(4)11-8-15-43(35-70)47-25-27-61(56(47)75)51-22-21-45(72)30-39-12-9-13-40(29-39)31-49(50(33-67-59(64)65)41-17-19-44(71)20-18-41)53(74)34-66-55-54-42(14-10-16-48(54)57(63)69-58(55)76)32-52(73)38(5)46(51)24-26-60(61,6)77/h8-20,23,29,45,47,49-51,53,55-57,66,68,70-72,74-75,77-78H,4,7,21-22,24-28,30-35,63H2,1-3,5-6H3,(H,69,76)(H4,64,65,67). The van der Waals surface area contributed by atoms with Crippen LogP contribution in [-0.4, -0.2) is 109 Å². The third-order valence-electron chi connectivity index (χ3n) is 17.5. The predicted octanol–water partition coefficient (Wildman–Crippen LogP) is 5.12. The number of phenols is 1. The Bertz CT molecular complexity index is 2800. The molecule has 12 unspecified atom stereocenters. The molecule has 1 amide bonds. The fourth-order valence-electron chi connectivity index (χ4n) is 13.2. The zero-order valence-electron chi connectivity index (χ0n) is 46.1. The molecular weight excluding hydrogens is 987 g/mol. The summed E-state index contributed by atoms with van der Waals surface area (Å²) in [6, 6.07) is 18.9. The number of aromatic hydroxyl groups is 1. The molecule has 0 saturated heterocycles. The summed E-state index contributed by atoms with van der Waals surface area (Å²) in [5.74, 6) is -2.90. The molecule has 16 nitrogen and oxygen atoms in total. The first-order chi connectivity index (χ1) is 37.0. The number of fused-ring (bicyclic) bond motifs is 4. The maximum absolute atomic E-state index is 15.1. The molecule has 2 aliphatic heterocycles. The van der Waals surface area contributed by atoms with Crippen molar-refractivity contribution in [3.05, 3.63) is 159 Å². The molecule has 2 aliphatic carbocycles. The van der Waals surface area contributed by atoms with Gasteiger partial charge in [0.2, 0.25) is 5.91 Å². The highest BCUT2D eigenvalue weighted by Crippen LogP contribution is 2.63. The Balaban J connectivity index is 1.31. The maximum Gasteiger partial charge on any atom is 0.243 e. The summed E-state index contributed by atoms with van der Waals surface area (Å²) >= 11 is 0. The van der Waals surface area contributed by atoms with E-state index in [-0.39, 0.29) is 62.9 Å². The Kier molecular flexibility index (Phi) is 19.6. The van der Waals surface area contributed by atoms with Gasteiger partial charge in [-0.2, -0.15) is 0 Å². The van der Waals surface area contributed by atoms with E-state index in [4.69, 9.17) is 17.2 Å². The summed E-state index contributed by atoms with van der Waals surface area (Å²) in [6.45, 7) is 13.7. The third-order valence-corrected chi connectivity index (χ3v) is 17.5. The van der Waals surface area contributed by atoms with E-state index in [0.29, 0.717) is 78.5 Å². The molecule has 2 fully saturated rings. The van der Waals surface area contributed by atoms with E-state index in [9.17, 15) is 40.5 Å². The molecule has 2 saturated carbocycles. The molecule has 2 heterocycles. The highest BCUT2D eigenvalue weighted by Gasteiger charge is 2.64. The van der Waals surface area contributed by atoms with Crippen LogP contribution in [0.5, 0.6) is 5.75 Å². The van der Waals surface area contributed by atoms with Crippen LogP contribution < -0.4 is 33.2 Å². The summed E-state index contributed by atoms with van der Waals surface area (Å²) in [5.41, 5.74) is 21.8. The van der Waals surface area contributed by atoms with Gasteiger partial charge in [-0.3, -0.25) is 25.2 Å². The number of likely N-dealkylation sites (N-methyl/N-ethyl adjacent to an activating group) is 1. The van der Waals surface area contributed by atoms with Gasteiger partial charge in [0.1, 0.15) is 23.7 Å². The number of rotatable bonds is 13. The molecule has 16 heteroatoms. The summed E-state index contributed by atoms with van der Waals surface area (Å²) in [6.07, 6.45) is 5.85. The molecule has 7 rings (SSSR count). The van der Waals surface area contributed by atoms with Crippen LogP contribution in [0.2, 0.25) is 0 Å². The number of aliphatic hydroxyl groups is 6. The van der Waals surface area contributed by atoms with Gasteiger partial charge in [-0.1, -0.05) is 104 Å². The van der Waals surface area contributed by atoms with Crippen molar-refractivity contribution in [3.63, 3.8) is 0 Å². The molecule has 16 N–H and O–H groups in total. The first-order valence-electron chi connectivity index (χ1n) is 27.6. The van der Waals surface area contributed by atoms with Crippen LogP contribution >= 0.6 is 0 Å². The maximum atomic E-state index is 15.1. The average Bonchev–Trinajstić information content (AvgIpc) is 3.73. The Labute approximate surface area is 460 Å². The highest BCUT2D eigenvalue weighted by molar-refractivity contribution is 5.98. The van der Waals surface area contributed by atoms with E-state index in [2.05, 4.69) is 27.5 Å². The molecule has 4 aliphatic rings. The number of carbonyl (C=O) groups excluding carboxylic acids is 2. The molecule has 78 heavy (non-hydrogen) atoms. The number of nitrogens with zero attached hydrogens (tertiary/aromatic N) is 1. The topological polar surface area (TPSA) is 302 Å². The minimum atomic E-state index is -1.43. The van der Waals surface area contributed by atoms with Gasteiger partial charge >= 0.3 is 0 Å². The minimum Gasteiger partial charge on any atom is -0.508 e. The number of aliphatic hydroxyl groups excluding tert-OH is 4. The number of hydrogen-bond donors (Lipinski definition) is 13. The van der Waals surface area contributed by atoms with Gasteiger partial charge in [0.15, 0.2) is 11.7 Å². The lowest BCUT2D eigenvalue weighted by Crippen LogP contribution is -2.59. The second-order valence-corrected chi connectivity index (χ2v) is 22.8. The van der Waals surface area contributed by atoms with Gasteiger partial charge < -0.3 is 58.3 Å². The molecule has 12 atom stereocenters. The fraction of sp³-hybridized carbons (Fsp3) is 0.500. The van der Waals surface area contributed by atoms with E-state index in [0.717, 1.165) is 27.8 Å². The number of Topliss-reactive ketones (excluding diaryl/α,β-unsaturated/α-hetero) is 1. The Morgan fingerprint density at radius 1 is 1.00 bits per heavy atom. The molecule has 2 bridgehead atoms. The number of nitrogens with one attached hydrogen (secondary N) is 3. The summed E-state index contributed by atoms with van der Waals surface area (Å²) < 4.78 is 0. The van der Waals surface area contributed by atoms with Crippen molar-refractivity contribution in [1.29, 1.82) is 0 Å². The van der Waals surface area contributed by atoms with Gasteiger partial charge in [-0.25, -0.2) is 0 Å². The number of ketones is 1. The summed E-state index contributed by atoms with van der Waals surface area (Å²) in [4.78, 5) is 33.6. The first-order valence-corrected chi connectivity index (χ1v) is 27.6. The zero-order chi connectivity index (χ0) is 56.7. The van der Waals surface area contributed by atoms with Gasteiger partial charge in [0.05, 0.1) is 30.5 Å². The van der Waals surface area contributed by atoms with Crippen molar-refractivity contribution < 1.29 is 45.3 Å². The van der Waals surface area contributed by atoms with E-state index < -0.39 is 76.8 Å². The van der Waals surface area contributed by atoms with Crippen LogP contribution in [0.15, 0.2) is 130 Å².